The summed E-state index contributed by atoms with van der Waals surface area (Å²) in [6.45, 7) is 4.03. The second kappa shape index (κ2) is 10.7. The molecule has 3 N–H and O–H groups in total. The van der Waals surface area contributed by atoms with Gasteiger partial charge >= 0.3 is 0 Å². The van der Waals surface area contributed by atoms with Crippen LogP contribution in [-0.2, 0) is 4.79 Å². The van der Waals surface area contributed by atoms with Crippen molar-refractivity contribution >= 4 is 40.5 Å². The van der Waals surface area contributed by atoms with Gasteiger partial charge in [0.1, 0.15) is 17.4 Å². The zero-order valence-corrected chi connectivity index (χ0v) is 21.0. The molecule has 9 nitrogen and oxygen atoms in total. The molecule has 34 heavy (non-hydrogen) atoms. The number of halogens is 1. The lowest BCUT2D eigenvalue weighted by Gasteiger charge is -2.36. The second-order valence-electron chi connectivity index (χ2n) is 7.21. The Hall–Kier alpha value is -3.37. The first-order valence-electron chi connectivity index (χ1n) is 10.1. The molecular formula is C23H26ClN3O6S. The highest BCUT2D eigenvalue weighted by atomic mass is 35.5. The number of amides is 1. The lowest BCUT2D eigenvalue weighted by Crippen LogP contribution is -2.51. The summed E-state index contributed by atoms with van der Waals surface area (Å²) in [7, 11) is 7.52. The number of hydrogen-bond donors (Lipinski definition) is 3. The fourth-order valence-corrected chi connectivity index (χ4v) is 4.21. The van der Waals surface area contributed by atoms with Gasteiger partial charge in [-0.1, -0.05) is 18.2 Å². The van der Waals surface area contributed by atoms with Crippen molar-refractivity contribution in [3.05, 3.63) is 47.1 Å². The molecule has 1 amide bonds. The number of anilines is 1. The number of benzene rings is 2. The van der Waals surface area contributed by atoms with Gasteiger partial charge in [-0.3, -0.25) is 4.79 Å². The normalized spacial score (nSPS) is 17.2. The van der Waals surface area contributed by atoms with E-state index in [1.165, 1.54) is 35.5 Å². The summed E-state index contributed by atoms with van der Waals surface area (Å²) in [5.74, 6) is 0.937. The Morgan fingerprint density at radius 1 is 0.941 bits per heavy atom. The van der Waals surface area contributed by atoms with Crippen molar-refractivity contribution in [3.63, 3.8) is 0 Å². The zero-order chi connectivity index (χ0) is 25.0. The molecule has 1 heterocycles. The maximum Gasteiger partial charge on any atom is 0.235 e. The van der Waals surface area contributed by atoms with Crippen LogP contribution in [0, 0.1) is 5.92 Å². The van der Waals surface area contributed by atoms with E-state index in [-0.39, 0.29) is 5.91 Å². The molecule has 0 spiro atoms. The summed E-state index contributed by atoms with van der Waals surface area (Å²) in [4.78, 5) is 13.5. The van der Waals surface area contributed by atoms with Crippen LogP contribution in [0.3, 0.4) is 0 Å². The van der Waals surface area contributed by atoms with Gasteiger partial charge in [0.15, 0.2) is 16.6 Å². The van der Waals surface area contributed by atoms with Crippen LogP contribution in [0.5, 0.6) is 28.7 Å². The third-order valence-corrected chi connectivity index (χ3v) is 5.85. The summed E-state index contributed by atoms with van der Waals surface area (Å²) < 4.78 is 27.0. The highest BCUT2D eigenvalue weighted by molar-refractivity contribution is 7.80. The number of hydrogen-bond acceptors (Lipinski definition) is 7. The van der Waals surface area contributed by atoms with Crippen LogP contribution in [0.2, 0.25) is 5.02 Å². The second-order valence-corrected chi connectivity index (χ2v) is 8.03. The van der Waals surface area contributed by atoms with Crippen LogP contribution in [0.15, 0.2) is 36.5 Å². The lowest BCUT2D eigenvalue weighted by atomic mass is 9.88. The minimum absolute atomic E-state index is 0.332. The Morgan fingerprint density at radius 3 is 2.06 bits per heavy atom. The fourth-order valence-electron chi connectivity index (χ4n) is 3.72. The predicted octanol–water partition coefficient (Wildman–Crippen LogP) is 3.67. The lowest BCUT2D eigenvalue weighted by molar-refractivity contribution is -0.119. The van der Waals surface area contributed by atoms with Crippen molar-refractivity contribution in [2.75, 3.05) is 40.9 Å². The molecule has 0 unspecified atom stereocenters. The van der Waals surface area contributed by atoms with Crippen molar-refractivity contribution in [3.8, 4) is 28.7 Å². The monoisotopic (exact) mass is 507 g/mol. The van der Waals surface area contributed by atoms with Gasteiger partial charge in [-0.2, -0.15) is 0 Å². The Balaban J connectivity index is 2.04. The average Bonchev–Trinajstić information content (AvgIpc) is 2.82. The Bertz CT molecular complexity index is 1100. The van der Waals surface area contributed by atoms with E-state index < -0.39 is 12.0 Å². The van der Waals surface area contributed by atoms with E-state index >= 15 is 0 Å². The van der Waals surface area contributed by atoms with Crippen LogP contribution >= 0.6 is 23.8 Å². The first-order valence-corrected chi connectivity index (χ1v) is 10.8. The van der Waals surface area contributed by atoms with E-state index in [1.807, 2.05) is 0 Å². The van der Waals surface area contributed by atoms with Gasteiger partial charge in [0.05, 0.1) is 52.3 Å². The summed E-state index contributed by atoms with van der Waals surface area (Å²) >= 11 is 11.5. The molecule has 1 saturated heterocycles. The molecule has 0 aliphatic carbocycles. The van der Waals surface area contributed by atoms with Crippen molar-refractivity contribution in [2.45, 2.75) is 6.04 Å². The molecule has 0 saturated carbocycles. The van der Waals surface area contributed by atoms with Crippen LogP contribution < -0.4 is 39.6 Å². The molecule has 3 rings (SSSR count). The van der Waals surface area contributed by atoms with E-state index in [0.717, 1.165) is 0 Å². The van der Waals surface area contributed by atoms with Crippen molar-refractivity contribution in [2.24, 2.45) is 5.92 Å². The third-order valence-electron chi connectivity index (χ3n) is 5.33. The largest absolute Gasteiger partial charge is 0.495 e. The molecule has 1 aliphatic heterocycles. The van der Waals surface area contributed by atoms with Gasteiger partial charge < -0.3 is 39.6 Å². The minimum atomic E-state index is -0.777. The molecule has 182 valence electrons. The van der Waals surface area contributed by atoms with E-state index in [9.17, 15) is 4.79 Å². The molecule has 0 aromatic heterocycles. The zero-order valence-electron chi connectivity index (χ0n) is 19.4. The highest BCUT2D eigenvalue weighted by Crippen LogP contribution is 2.43. The SMILES string of the molecule is C=C1NC(=S)N[C@@H](c2cc(OC)c(OC)c(OC)c2)[C@@H]1C(=O)Nc1cc(OC)c(Cl)cc1OC. The van der Waals surface area contributed by atoms with Gasteiger partial charge in [0, 0.05) is 17.8 Å². The van der Waals surface area contributed by atoms with Gasteiger partial charge in [-0.05, 0) is 29.9 Å². The number of thiocarbonyl (C=S) groups is 1. The smallest absolute Gasteiger partial charge is 0.235 e. The quantitative estimate of drug-likeness (QED) is 0.462. The van der Waals surface area contributed by atoms with Gasteiger partial charge in [-0.15, -0.1) is 0 Å². The van der Waals surface area contributed by atoms with E-state index in [0.29, 0.717) is 55.8 Å². The van der Waals surface area contributed by atoms with Crippen molar-refractivity contribution in [1.82, 2.24) is 10.6 Å². The predicted molar refractivity (Wildman–Crippen MR) is 134 cm³/mol. The standard InChI is InChI=1S/C23H26ClN3O6S/c1-11-19(22(28)26-14-10-15(29-2)13(24)9-16(14)30-3)20(27-23(34)25-11)12-7-17(31-4)21(33-6)18(8-12)32-5/h7-10,19-20H,1H2,2-6H3,(H,26,28)(H2,25,27,34)/t19-,20+/m1/s1. The highest BCUT2D eigenvalue weighted by Gasteiger charge is 2.38. The number of methoxy groups -OCH3 is 5. The molecular weight excluding hydrogens is 482 g/mol. The maximum absolute atomic E-state index is 13.5. The Morgan fingerprint density at radius 2 is 1.53 bits per heavy atom. The van der Waals surface area contributed by atoms with E-state index in [2.05, 4.69) is 22.5 Å². The summed E-state index contributed by atoms with van der Waals surface area (Å²) in [5.41, 5.74) is 1.48. The number of carbonyl (C=O) groups is 1. The molecule has 1 fully saturated rings. The fraction of sp³-hybridized carbons (Fsp3) is 0.304. The molecule has 1 aliphatic rings. The molecule has 11 heteroatoms. The van der Waals surface area contributed by atoms with Gasteiger partial charge in [0.2, 0.25) is 11.7 Å². The third kappa shape index (κ3) is 4.92. The number of ether oxygens (including phenoxy) is 5. The van der Waals surface area contributed by atoms with Crippen molar-refractivity contribution in [1.29, 1.82) is 0 Å². The number of nitrogens with one attached hydrogen (secondary N) is 3. The topological polar surface area (TPSA) is 99.3 Å². The van der Waals surface area contributed by atoms with Crippen LogP contribution in [0.25, 0.3) is 0 Å². The minimum Gasteiger partial charge on any atom is -0.495 e. The average molecular weight is 508 g/mol. The number of rotatable bonds is 8. The van der Waals surface area contributed by atoms with Crippen LogP contribution in [0.4, 0.5) is 5.69 Å². The Kier molecular flexibility index (Phi) is 7.95. The molecule has 0 radical (unpaired) electrons. The van der Waals surface area contributed by atoms with Gasteiger partial charge in [-0.25, -0.2) is 0 Å². The van der Waals surface area contributed by atoms with Crippen molar-refractivity contribution < 1.29 is 28.5 Å². The molecule has 2 aromatic carbocycles. The summed E-state index contributed by atoms with van der Waals surface area (Å²) in [6.07, 6.45) is 0. The Labute approximate surface area is 208 Å². The molecule has 2 aromatic rings. The molecule has 2 atom stereocenters. The van der Waals surface area contributed by atoms with Gasteiger partial charge in [0.25, 0.3) is 0 Å². The summed E-state index contributed by atoms with van der Waals surface area (Å²) in [6, 6.07) is 6.08. The number of carbonyl (C=O) groups excluding carboxylic acids is 1. The first kappa shape index (κ1) is 25.3. The first-order chi connectivity index (χ1) is 16.3. The maximum atomic E-state index is 13.5. The van der Waals surface area contributed by atoms with E-state index in [4.69, 9.17) is 47.5 Å². The van der Waals surface area contributed by atoms with Crippen LogP contribution in [-0.4, -0.2) is 46.6 Å². The molecule has 0 bridgehead atoms. The van der Waals surface area contributed by atoms with Crippen LogP contribution in [0.1, 0.15) is 11.6 Å². The van der Waals surface area contributed by atoms with E-state index in [1.54, 1.807) is 24.3 Å². The summed E-state index contributed by atoms with van der Waals surface area (Å²) in [5, 5.41) is 9.65.